The topological polar surface area (TPSA) is 75.4 Å². The maximum atomic E-state index is 13.1. The zero-order valence-electron chi connectivity index (χ0n) is 17.6. The van der Waals surface area contributed by atoms with Gasteiger partial charge in [0.15, 0.2) is 0 Å². The number of hydrogen-bond acceptors (Lipinski definition) is 3. The first-order chi connectivity index (χ1) is 12.5. The summed E-state index contributed by atoms with van der Waals surface area (Å²) in [4.78, 5) is 27.7. The molecule has 1 fully saturated rings. The second kappa shape index (κ2) is 8.42. The van der Waals surface area contributed by atoms with Crippen molar-refractivity contribution in [3.63, 3.8) is 0 Å². The van der Waals surface area contributed by atoms with Gasteiger partial charge in [0.25, 0.3) is 5.91 Å². The molecule has 0 aliphatic carbocycles. The lowest BCUT2D eigenvalue weighted by Crippen LogP contribution is -2.52. The van der Waals surface area contributed by atoms with Crippen LogP contribution in [0.2, 0.25) is 0 Å². The van der Waals surface area contributed by atoms with Crippen LogP contribution in [0.25, 0.3) is 0 Å². The van der Waals surface area contributed by atoms with Gasteiger partial charge in [0, 0.05) is 18.2 Å². The van der Waals surface area contributed by atoms with Gasteiger partial charge in [-0.15, -0.1) is 0 Å². The van der Waals surface area contributed by atoms with Gasteiger partial charge in [0.2, 0.25) is 5.91 Å². The number of carbonyl (C=O) groups is 2. The quantitative estimate of drug-likeness (QED) is 0.833. The summed E-state index contributed by atoms with van der Waals surface area (Å²) in [5.41, 5.74) is 7.58. The van der Waals surface area contributed by atoms with E-state index in [1.165, 1.54) is 5.56 Å². The van der Waals surface area contributed by atoms with Crippen LogP contribution in [-0.4, -0.2) is 41.9 Å². The van der Waals surface area contributed by atoms with E-state index in [1.807, 2.05) is 43.0 Å². The van der Waals surface area contributed by atoms with Crippen molar-refractivity contribution in [1.82, 2.24) is 10.2 Å². The van der Waals surface area contributed by atoms with Crippen molar-refractivity contribution >= 4 is 11.8 Å². The predicted molar refractivity (Wildman–Crippen MR) is 110 cm³/mol. The maximum Gasteiger partial charge on any atom is 0.251 e. The molecule has 1 aromatic rings. The fourth-order valence-corrected chi connectivity index (χ4v) is 3.66. The van der Waals surface area contributed by atoms with Gasteiger partial charge in [-0.3, -0.25) is 9.59 Å². The lowest BCUT2D eigenvalue weighted by Gasteiger charge is -2.29. The number of carbonyl (C=O) groups excluding carboxylic acids is 2. The molecule has 1 saturated heterocycles. The van der Waals surface area contributed by atoms with Crippen LogP contribution in [0.3, 0.4) is 0 Å². The van der Waals surface area contributed by atoms with Gasteiger partial charge in [0.1, 0.15) is 6.04 Å². The molecule has 0 bridgehead atoms. The number of rotatable bonds is 5. The van der Waals surface area contributed by atoms with Gasteiger partial charge < -0.3 is 16.0 Å². The van der Waals surface area contributed by atoms with Crippen LogP contribution in [0.5, 0.6) is 0 Å². The third-order valence-electron chi connectivity index (χ3n) is 5.51. The number of amides is 2. The van der Waals surface area contributed by atoms with Crippen LogP contribution < -0.4 is 11.1 Å². The molecule has 1 aliphatic rings. The molecular weight excluding hydrogens is 338 g/mol. The molecule has 150 valence electrons. The van der Waals surface area contributed by atoms with Crippen molar-refractivity contribution in [3.05, 3.63) is 35.4 Å². The summed E-state index contributed by atoms with van der Waals surface area (Å²) in [5.74, 6) is 0.148. The van der Waals surface area contributed by atoms with Crippen molar-refractivity contribution in [2.24, 2.45) is 17.6 Å². The Balaban J connectivity index is 2.11. The smallest absolute Gasteiger partial charge is 0.251 e. The van der Waals surface area contributed by atoms with Crippen molar-refractivity contribution in [3.8, 4) is 0 Å². The number of likely N-dealkylation sites (tertiary alicyclic amines) is 1. The third-order valence-corrected chi connectivity index (χ3v) is 5.51. The minimum atomic E-state index is -0.529. The Bertz CT molecular complexity index is 661. The highest BCUT2D eigenvalue weighted by Gasteiger charge is 2.36. The van der Waals surface area contributed by atoms with E-state index in [-0.39, 0.29) is 29.2 Å². The Morgan fingerprint density at radius 2 is 1.81 bits per heavy atom. The fraction of sp³-hybridized carbons (Fsp3) is 0.636. The average Bonchev–Trinajstić information content (AvgIpc) is 2.99. The van der Waals surface area contributed by atoms with Gasteiger partial charge >= 0.3 is 0 Å². The first-order valence-electron chi connectivity index (χ1n) is 9.96. The van der Waals surface area contributed by atoms with Crippen LogP contribution >= 0.6 is 0 Å². The molecule has 2 rings (SSSR count). The molecule has 3 unspecified atom stereocenters. The summed E-state index contributed by atoms with van der Waals surface area (Å²) < 4.78 is 0. The summed E-state index contributed by atoms with van der Waals surface area (Å²) in [6.07, 6.45) is 0.926. The van der Waals surface area contributed by atoms with Crippen LogP contribution in [0, 0.1) is 11.8 Å². The molecule has 27 heavy (non-hydrogen) atoms. The maximum absolute atomic E-state index is 13.1. The lowest BCUT2D eigenvalue weighted by atomic mass is 9.86. The minimum absolute atomic E-state index is 0.00638. The van der Waals surface area contributed by atoms with E-state index in [2.05, 4.69) is 33.0 Å². The molecule has 1 heterocycles. The summed E-state index contributed by atoms with van der Waals surface area (Å²) in [7, 11) is 0. The van der Waals surface area contributed by atoms with E-state index in [1.54, 1.807) is 0 Å². The molecule has 0 radical (unpaired) electrons. The van der Waals surface area contributed by atoms with Crippen molar-refractivity contribution in [2.75, 3.05) is 13.1 Å². The summed E-state index contributed by atoms with van der Waals surface area (Å²) in [6, 6.07) is 7.26. The van der Waals surface area contributed by atoms with E-state index in [9.17, 15) is 9.59 Å². The molecule has 5 nitrogen and oxygen atoms in total. The number of benzene rings is 1. The fourth-order valence-electron chi connectivity index (χ4n) is 3.66. The van der Waals surface area contributed by atoms with Gasteiger partial charge in [-0.2, -0.15) is 0 Å². The molecule has 2 amide bonds. The second-order valence-electron chi connectivity index (χ2n) is 9.20. The highest BCUT2D eigenvalue weighted by Crippen LogP contribution is 2.25. The normalized spacial score (nSPS) is 21.4. The average molecular weight is 374 g/mol. The number of nitrogens with one attached hydrogen (secondary N) is 1. The Labute approximate surface area is 163 Å². The van der Waals surface area contributed by atoms with Gasteiger partial charge in [0.05, 0.1) is 0 Å². The van der Waals surface area contributed by atoms with Gasteiger partial charge in [-0.1, -0.05) is 46.8 Å². The third kappa shape index (κ3) is 5.10. The van der Waals surface area contributed by atoms with E-state index < -0.39 is 6.04 Å². The molecule has 1 aromatic carbocycles. The minimum Gasteiger partial charge on any atom is -0.340 e. The largest absolute Gasteiger partial charge is 0.340 e. The Hall–Kier alpha value is -1.88. The predicted octanol–water partition coefficient (Wildman–Crippen LogP) is 2.93. The monoisotopic (exact) mass is 373 g/mol. The number of nitrogens with two attached hydrogens (primary N) is 1. The molecule has 3 atom stereocenters. The Morgan fingerprint density at radius 1 is 1.22 bits per heavy atom. The number of hydrogen-bond donors (Lipinski definition) is 2. The Kier molecular flexibility index (Phi) is 6.68. The molecule has 0 aromatic heterocycles. The zero-order valence-corrected chi connectivity index (χ0v) is 17.6. The molecule has 0 saturated carbocycles. The van der Waals surface area contributed by atoms with Crippen molar-refractivity contribution < 1.29 is 9.59 Å². The molecule has 3 N–H and O–H groups in total. The highest BCUT2D eigenvalue weighted by atomic mass is 16.2. The van der Waals surface area contributed by atoms with Crippen molar-refractivity contribution in [2.45, 2.75) is 65.5 Å². The van der Waals surface area contributed by atoms with E-state index in [0.29, 0.717) is 24.6 Å². The SMILES string of the molecule is CC(C)C(NC(=O)c1ccc(C(C)(C)C)cc1)C(=O)N1CC(CN)CC1C. The summed E-state index contributed by atoms with van der Waals surface area (Å²) in [5, 5.41) is 2.96. The second-order valence-corrected chi connectivity index (χ2v) is 9.20. The van der Waals surface area contributed by atoms with Gasteiger partial charge in [-0.05, 0) is 54.8 Å². The summed E-state index contributed by atoms with van der Waals surface area (Å²) >= 11 is 0. The molecule has 5 heteroatoms. The standard InChI is InChI=1S/C22H35N3O2/c1-14(2)19(21(27)25-13-16(12-23)11-15(25)3)24-20(26)17-7-9-18(10-8-17)22(4,5)6/h7-10,14-16,19H,11-13,23H2,1-6H3,(H,24,26). The molecule has 0 spiro atoms. The Morgan fingerprint density at radius 3 is 2.26 bits per heavy atom. The van der Waals surface area contributed by atoms with Crippen LogP contribution in [0.1, 0.15) is 63.9 Å². The summed E-state index contributed by atoms with van der Waals surface area (Å²) in [6.45, 7) is 13.7. The number of nitrogens with zero attached hydrogens (tertiary/aromatic N) is 1. The van der Waals surface area contributed by atoms with Crippen LogP contribution in [0.4, 0.5) is 0 Å². The molecule has 1 aliphatic heterocycles. The van der Waals surface area contributed by atoms with E-state index >= 15 is 0 Å². The first kappa shape index (κ1) is 21.4. The van der Waals surface area contributed by atoms with E-state index in [0.717, 1.165) is 6.42 Å². The highest BCUT2D eigenvalue weighted by molar-refractivity contribution is 5.97. The van der Waals surface area contributed by atoms with E-state index in [4.69, 9.17) is 5.73 Å². The van der Waals surface area contributed by atoms with Crippen LogP contribution in [-0.2, 0) is 10.2 Å². The lowest BCUT2D eigenvalue weighted by molar-refractivity contribution is -0.135. The first-order valence-corrected chi connectivity index (χ1v) is 9.96. The van der Waals surface area contributed by atoms with Crippen molar-refractivity contribution in [1.29, 1.82) is 0 Å². The van der Waals surface area contributed by atoms with Gasteiger partial charge in [-0.25, -0.2) is 0 Å². The molecular formula is C22H35N3O2. The van der Waals surface area contributed by atoms with Crippen LogP contribution in [0.15, 0.2) is 24.3 Å². The zero-order chi connectivity index (χ0) is 20.4.